The summed E-state index contributed by atoms with van der Waals surface area (Å²) < 4.78 is 0. The molecule has 1 N–H and O–H groups in total. The number of anilines is 1. The zero-order valence-electron chi connectivity index (χ0n) is 11.3. The van der Waals surface area contributed by atoms with Gasteiger partial charge in [-0.05, 0) is 29.8 Å². The van der Waals surface area contributed by atoms with Gasteiger partial charge in [-0.15, -0.1) is 0 Å². The van der Waals surface area contributed by atoms with E-state index in [1.54, 1.807) is 0 Å². The Labute approximate surface area is 128 Å². The predicted molar refractivity (Wildman–Crippen MR) is 84.9 cm³/mol. The molecule has 1 aromatic heterocycles. The van der Waals surface area contributed by atoms with Crippen LogP contribution in [0.1, 0.15) is 11.1 Å². The molecule has 0 amide bonds. The lowest BCUT2D eigenvalue weighted by Crippen LogP contribution is -2.01. The van der Waals surface area contributed by atoms with Crippen molar-refractivity contribution in [2.75, 3.05) is 5.32 Å². The molecule has 0 fully saturated rings. The summed E-state index contributed by atoms with van der Waals surface area (Å²) in [5.41, 5.74) is 3.50. The van der Waals surface area contributed by atoms with Crippen molar-refractivity contribution in [3.8, 4) is 0 Å². The largest absolute Gasteiger partial charge is 0.381 e. The first-order valence-electron chi connectivity index (χ1n) is 6.71. The van der Waals surface area contributed by atoms with E-state index < -0.39 is 0 Å². The first-order valence-corrected chi connectivity index (χ1v) is 7.09. The number of rotatable bonds is 4. The number of nitrogens with zero attached hydrogens (tertiary/aromatic N) is 1. The van der Waals surface area contributed by atoms with Gasteiger partial charge in [0.05, 0.1) is 5.52 Å². The highest BCUT2D eigenvalue weighted by Gasteiger charge is 2.05. The molecule has 3 aromatic rings. The molecular weight excluding hydrogens is 284 g/mol. The third-order valence-electron chi connectivity index (χ3n) is 3.33. The highest BCUT2D eigenvalue weighted by molar-refractivity contribution is 6.30. The van der Waals surface area contributed by atoms with Crippen LogP contribution >= 0.6 is 11.6 Å². The third kappa shape index (κ3) is 3.15. The lowest BCUT2D eigenvalue weighted by Gasteiger charge is -2.09. The molecule has 0 unspecified atom stereocenters. The smallest absolute Gasteiger partial charge is 0.134 e. The van der Waals surface area contributed by atoms with Crippen LogP contribution in [0.2, 0.25) is 5.15 Å². The fourth-order valence-corrected chi connectivity index (χ4v) is 2.44. The quantitative estimate of drug-likeness (QED) is 0.724. The topological polar surface area (TPSA) is 44.8 Å². The molecule has 0 spiro atoms. The first-order chi connectivity index (χ1) is 10.3. The molecule has 105 valence electrons. The zero-order valence-corrected chi connectivity index (χ0v) is 12.1. The van der Waals surface area contributed by atoms with Crippen LogP contribution in [0, 0.1) is 0 Å². The predicted octanol–water partition coefficient (Wildman–Crippen LogP) is 4.43. The second-order valence-electron chi connectivity index (χ2n) is 4.83. The fraction of sp³-hybridized carbons (Fsp3) is 0.118. The van der Waals surface area contributed by atoms with Gasteiger partial charge in [-0.1, -0.05) is 41.9 Å². The van der Waals surface area contributed by atoms with Crippen LogP contribution < -0.4 is 5.32 Å². The molecule has 0 bridgehead atoms. The number of nitrogens with one attached hydrogen (secondary N) is 1. The Hall–Kier alpha value is -2.10. The number of aromatic nitrogens is 1. The van der Waals surface area contributed by atoms with Crippen LogP contribution in [0.3, 0.4) is 0 Å². The number of benzene rings is 2. The van der Waals surface area contributed by atoms with Crippen LogP contribution in [0.15, 0.2) is 54.6 Å². The molecule has 0 saturated carbocycles. The van der Waals surface area contributed by atoms with E-state index in [1.807, 2.05) is 54.6 Å². The molecule has 2 aromatic carbocycles. The third-order valence-corrected chi connectivity index (χ3v) is 3.65. The van der Waals surface area contributed by atoms with Gasteiger partial charge in [-0.3, -0.25) is 0 Å². The lowest BCUT2D eigenvalue weighted by atomic mass is 10.1. The van der Waals surface area contributed by atoms with E-state index in [0.717, 1.165) is 27.7 Å². The summed E-state index contributed by atoms with van der Waals surface area (Å²) in [7, 11) is 0. The molecule has 1 radical (unpaired) electrons. The Morgan fingerprint density at radius 1 is 1.05 bits per heavy atom. The summed E-state index contributed by atoms with van der Waals surface area (Å²) in [6.07, 6.45) is 0. The van der Waals surface area contributed by atoms with E-state index in [9.17, 15) is 5.11 Å². The normalized spacial score (nSPS) is 10.8. The molecule has 0 atom stereocenters. The molecule has 3 nitrogen and oxygen atoms in total. The van der Waals surface area contributed by atoms with E-state index in [1.165, 1.54) is 0 Å². The second kappa shape index (κ2) is 6.12. The van der Waals surface area contributed by atoms with Gasteiger partial charge in [-0.25, -0.2) is 10.1 Å². The highest BCUT2D eigenvalue weighted by atomic mass is 35.5. The molecule has 0 aliphatic carbocycles. The summed E-state index contributed by atoms with van der Waals surface area (Å²) in [4.78, 5) is 4.40. The summed E-state index contributed by atoms with van der Waals surface area (Å²) in [6.45, 7) is 0.354. The van der Waals surface area contributed by atoms with Gasteiger partial charge >= 0.3 is 0 Å². The molecule has 0 saturated heterocycles. The van der Waals surface area contributed by atoms with Crippen molar-refractivity contribution in [1.29, 1.82) is 0 Å². The van der Waals surface area contributed by atoms with E-state index in [-0.39, 0.29) is 6.61 Å². The fourth-order valence-electron chi connectivity index (χ4n) is 2.23. The molecule has 21 heavy (non-hydrogen) atoms. The number of hydrogen-bond donors (Lipinski definition) is 1. The molecule has 4 heteroatoms. The van der Waals surface area contributed by atoms with Crippen molar-refractivity contribution in [3.05, 3.63) is 70.9 Å². The molecule has 0 aliphatic heterocycles. The van der Waals surface area contributed by atoms with E-state index in [4.69, 9.17) is 11.6 Å². The average Bonchev–Trinajstić information content (AvgIpc) is 2.53. The van der Waals surface area contributed by atoms with Crippen LogP contribution in [-0.4, -0.2) is 4.98 Å². The maximum atomic E-state index is 10.9. The zero-order chi connectivity index (χ0) is 14.7. The van der Waals surface area contributed by atoms with Gasteiger partial charge in [-0.2, -0.15) is 0 Å². The Kier molecular flexibility index (Phi) is 4.04. The van der Waals surface area contributed by atoms with Gasteiger partial charge < -0.3 is 5.32 Å². The number of halogens is 1. The second-order valence-corrected chi connectivity index (χ2v) is 5.19. The Morgan fingerprint density at radius 3 is 2.76 bits per heavy atom. The van der Waals surface area contributed by atoms with Crippen molar-refractivity contribution in [1.82, 2.24) is 4.98 Å². The molecule has 0 aliphatic rings. The lowest BCUT2D eigenvalue weighted by molar-refractivity contribution is 0.177. The minimum absolute atomic E-state index is 0.214. The molecule has 3 rings (SSSR count). The monoisotopic (exact) mass is 297 g/mol. The van der Waals surface area contributed by atoms with E-state index >= 15 is 0 Å². The van der Waals surface area contributed by atoms with Crippen LogP contribution in [0.4, 0.5) is 5.69 Å². The summed E-state index contributed by atoms with van der Waals surface area (Å²) in [5, 5.41) is 15.7. The SMILES string of the molecule is [O]Cc1cccc(NCc2cc3ccccc3nc2Cl)c1. The highest BCUT2D eigenvalue weighted by Crippen LogP contribution is 2.21. The van der Waals surface area contributed by atoms with Gasteiger partial charge in [0.15, 0.2) is 0 Å². The minimum Gasteiger partial charge on any atom is -0.381 e. The van der Waals surface area contributed by atoms with Crippen molar-refractivity contribution >= 4 is 28.2 Å². The average molecular weight is 298 g/mol. The van der Waals surface area contributed by atoms with Crippen LogP contribution in [-0.2, 0) is 18.3 Å². The van der Waals surface area contributed by atoms with Gasteiger partial charge in [0.2, 0.25) is 0 Å². The Balaban J connectivity index is 1.82. The molecular formula is C17H14ClN2O. The number of pyridine rings is 1. The van der Waals surface area contributed by atoms with Crippen molar-refractivity contribution < 1.29 is 5.11 Å². The van der Waals surface area contributed by atoms with Gasteiger partial charge in [0.25, 0.3) is 0 Å². The maximum absolute atomic E-state index is 10.9. The first kappa shape index (κ1) is 13.9. The Bertz CT molecular complexity index is 774. The van der Waals surface area contributed by atoms with Crippen molar-refractivity contribution in [2.45, 2.75) is 13.2 Å². The summed E-state index contributed by atoms with van der Waals surface area (Å²) >= 11 is 6.23. The molecule has 1 heterocycles. The number of para-hydroxylation sites is 1. The Morgan fingerprint density at radius 2 is 1.90 bits per heavy atom. The van der Waals surface area contributed by atoms with Crippen molar-refractivity contribution in [2.24, 2.45) is 0 Å². The number of fused-ring (bicyclic) bond motifs is 1. The maximum Gasteiger partial charge on any atom is 0.134 e. The van der Waals surface area contributed by atoms with Crippen LogP contribution in [0.5, 0.6) is 0 Å². The minimum atomic E-state index is -0.214. The van der Waals surface area contributed by atoms with Gasteiger partial charge in [0, 0.05) is 23.2 Å². The number of hydrogen-bond acceptors (Lipinski definition) is 2. The summed E-state index contributed by atoms with van der Waals surface area (Å²) in [5.74, 6) is 0. The van der Waals surface area contributed by atoms with Crippen LogP contribution in [0.25, 0.3) is 10.9 Å². The van der Waals surface area contributed by atoms with E-state index in [0.29, 0.717) is 11.7 Å². The van der Waals surface area contributed by atoms with Crippen molar-refractivity contribution in [3.63, 3.8) is 0 Å². The van der Waals surface area contributed by atoms with Gasteiger partial charge in [0.1, 0.15) is 11.8 Å². The van der Waals surface area contributed by atoms with E-state index in [2.05, 4.69) is 10.3 Å². The summed E-state index contributed by atoms with van der Waals surface area (Å²) in [6, 6.07) is 17.4. The standard InChI is InChI=1S/C17H14ClN2O/c18-17-14(9-13-5-1-2-7-16(13)20-17)10-19-15-6-3-4-12(8-15)11-21/h1-9,19H,10-11H2.